The molecule has 0 spiro atoms. The molecule has 0 unspecified atom stereocenters. The molecule has 1 heterocycles. The molecule has 1 aliphatic rings. The predicted molar refractivity (Wildman–Crippen MR) is 83.2 cm³/mol. The summed E-state index contributed by atoms with van der Waals surface area (Å²) in [6, 6.07) is 4.13. The van der Waals surface area contributed by atoms with E-state index in [1.807, 2.05) is 0 Å². The van der Waals surface area contributed by atoms with Gasteiger partial charge in [-0.15, -0.1) is 0 Å². The van der Waals surface area contributed by atoms with Crippen molar-refractivity contribution >= 4 is 23.3 Å². The summed E-state index contributed by atoms with van der Waals surface area (Å²) in [5, 5.41) is 11.3. The molecule has 0 bridgehead atoms. The largest absolute Gasteiger partial charge is 0.466 e. The highest BCUT2D eigenvalue weighted by Crippen LogP contribution is 2.32. The van der Waals surface area contributed by atoms with E-state index in [1.54, 1.807) is 11.8 Å². The van der Waals surface area contributed by atoms with Gasteiger partial charge in [0.2, 0.25) is 5.91 Å². The van der Waals surface area contributed by atoms with E-state index >= 15 is 0 Å². The molecule has 124 valence electrons. The topological polar surface area (TPSA) is 116 Å². The molecule has 8 nitrogen and oxygen atoms in total. The second-order valence-corrected chi connectivity index (χ2v) is 5.36. The van der Waals surface area contributed by atoms with Crippen LogP contribution in [0.3, 0.4) is 0 Å². The number of amides is 1. The molecular weight excluding hydrogens is 302 g/mol. The van der Waals surface area contributed by atoms with Crippen molar-refractivity contribution in [2.45, 2.75) is 19.8 Å². The maximum atomic E-state index is 11.9. The lowest BCUT2D eigenvalue weighted by molar-refractivity contribution is -0.384. The first-order valence-corrected chi connectivity index (χ1v) is 7.43. The number of benzene rings is 1. The second-order valence-electron chi connectivity index (χ2n) is 5.36. The van der Waals surface area contributed by atoms with E-state index in [-0.39, 0.29) is 23.1 Å². The van der Waals surface area contributed by atoms with Crippen LogP contribution in [0, 0.1) is 16.0 Å². The standard InChI is InChI=1S/C15H19N3O5/c1-2-23-15(20)11-4-3-7-17(9-11)12-6-5-10(14(16)19)8-13(12)18(21)22/h5-6,8,11H,2-4,7,9H2,1H3,(H2,16,19)/t11-/m0/s1. The Morgan fingerprint density at radius 3 is 2.83 bits per heavy atom. The van der Waals surface area contributed by atoms with Crippen molar-refractivity contribution in [1.82, 2.24) is 0 Å². The molecule has 23 heavy (non-hydrogen) atoms. The predicted octanol–water partition coefficient (Wildman–Crippen LogP) is 1.47. The van der Waals surface area contributed by atoms with Gasteiger partial charge in [0.1, 0.15) is 5.69 Å². The minimum atomic E-state index is -0.720. The molecule has 2 N–H and O–H groups in total. The Hall–Kier alpha value is -2.64. The molecule has 0 aliphatic carbocycles. The molecule has 1 amide bonds. The number of esters is 1. The van der Waals surface area contributed by atoms with Gasteiger partial charge in [0.05, 0.1) is 17.4 Å². The molecule has 1 aliphatic heterocycles. The quantitative estimate of drug-likeness (QED) is 0.499. The molecule has 1 aromatic carbocycles. The maximum absolute atomic E-state index is 11.9. The number of ether oxygens (including phenoxy) is 1. The maximum Gasteiger partial charge on any atom is 0.310 e. The molecule has 0 radical (unpaired) electrons. The highest BCUT2D eigenvalue weighted by atomic mass is 16.6. The molecule has 1 atom stereocenters. The Kier molecular flexibility index (Phi) is 5.15. The lowest BCUT2D eigenvalue weighted by Crippen LogP contribution is -2.39. The van der Waals surface area contributed by atoms with Gasteiger partial charge in [0.25, 0.3) is 5.69 Å². The van der Waals surface area contributed by atoms with E-state index in [4.69, 9.17) is 10.5 Å². The molecule has 1 saturated heterocycles. The van der Waals surface area contributed by atoms with E-state index in [1.165, 1.54) is 18.2 Å². The van der Waals surface area contributed by atoms with Crippen molar-refractivity contribution in [3.8, 4) is 0 Å². The van der Waals surface area contributed by atoms with Gasteiger partial charge in [-0.05, 0) is 31.9 Å². The van der Waals surface area contributed by atoms with Crippen molar-refractivity contribution in [2.75, 3.05) is 24.6 Å². The molecule has 0 aromatic heterocycles. The average Bonchev–Trinajstić information content (AvgIpc) is 2.54. The number of anilines is 1. The van der Waals surface area contributed by atoms with Crippen LogP contribution in [0.2, 0.25) is 0 Å². The van der Waals surface area contributed by atoms with Crippen molar-refractivity contribution < 1.29 is 19.2 Å². The summed E-state index contributed by atoms with van der Waals surface area (Å²) in [5.74, 6) is -1.31. The Balaban J connectivity index is 2.28. The number of hydrogen-bond donors (Lipinski definition) is 1. The lowest BCUT2D eigenvalue weighted by Gasteiger charge is -2.32. The van der Waals surface area contributed by atoms with Gasteiger partial charge in [-0.2, -0.15) is 0 Å². The van der Waals surface area contributed by atoms with Crippen molar-refractivity contribution in [2.24, 2.45) is 11.7 Å². The third kappa shape index (κ3) is 3.77. The normalized spacial score (nSPS) is 17.6. The summed E-state index contributed by atoms with van der Waals surface area (Å²) in [6.45, 7) is 3.01. The Morgan fingerprint density at radius 1 is 1.48 bits per heavy atom. The SMILES string of the molecule is CCOC(=O)[C@H]1CCCN(c2ccc(C(N)=O)cc2[N+](=O)[O-])C1. The van der Waals surface area contributed by atoms with Crippen LogP contribution >= 0.6 is 0 Å². The summed E-state index contributed by atoms with van der Waals surface area (Å²) in [4.78, 5) is 35.6. The number of primary amides is 1. The van der Waals surface area contributed by atoms with E-state index in [0.29, 0.717) is 31.8 Å². The van der Waals surface area contributed by atoms with Gasteiger partial charge in [-0.25, -0.2) is 0 Å². The zero-order valence-corrected chi connectivity index (χ0v) is 12.9. The zero-order valence-electron chi connectivity index (χ0n) is 12.9. The van der Waals surface area contributed by atoms with Crippen LogP contribution in [0.4, 0.5) is 11.4 Å². The van der Waals surface area contributed by atoms with Crippen molar-refractivity contribution in [3.63, 3.8) is 0 Å². The molecule has 1 aromatic rings. The van der Waals surface area contributed by atoms with Crippen LogP contribution in [0.5, 0.6) is 0 Å². The van der Waals surface area contributed by atoms with Gasteiger partial charge in [0, 0.05) is 24.7 Å². The van der Waals surface area contributed by atoms with E-state index in [2.05, 4.69) is 0 Å². The number of nitro groups is 1. The number of nitrogens with two attached hydrogens (primary N) is 1. The van der Waals surface area contributed by atoms with E-state index in [0.717, 1.165) is 6.42 Å². The first-order chi connectivity index (χ1) is 10.9. The molecule has 0 saturated carbocycles. The highest BCUT2D eigenvalue weighted by molar-refractivity contribution is 5.94. The number of hydrogen-bond acceptors (Lipinski definition) is 6. The lowest BCUT2D eigenvalue weighted by atomic mass is 9.97. The number of carbonyl (C=O) groups excluding carboxylic acids is 2. The number of rotatable bonds is 5. The number of nitro benzene ring substituents is 1. The fourth-order valence-corrected chi connectivity index (χ4v) is 2.74. The smallest absolute Gasteiger partial charge is 0.310 e. The minimum Gasteiger partial charge on any atom is -0.466 e. The fraction of sp³-hybridized carbons (Fsp3) is 0.467. The highest BCUT2D eigenvalue weighted by Gasteiger charge is 2.30. The van der Waals surface area contributed by atoms with Gasteiger partial charge < -0.3 is 15.4 Å². The minimum absolute atomic E-state index is 0.0828. The Labute approximate surface area is 133 Å². The van der Waals surface area contributed by atoms with Crippen LogP contribution in [0.15, 0.2) is 18.2 Å². The number of carbonyl (C=O) groups is 2. The van der Waals surface area contributed by atoms with Gasteiger partial charge >= 0.3 is 5.97 Å². The van der Waals surface area contributed by atoms with Gasteiger partial charge in [-0.3, -0.25) is 19.7 Å². The van der Waals surface area contributed by atoms with Crippen LogP contribution in [-0.2, 0) is 9.53 Å². The van der Waals surface area contributed by atoms with Crippen LogP contribution in [0.1, 0.15) is 30.1 Å². The monoisotopic (exact) mass is 321 g/mol. The molecule has 2 rings (SSSR count). The van der Waals surface area contributed by atoms with Crippen molar-refractivity contribution in [1.29, 1.82) is 0 Å². The fourth-order valence-electron chi connectivity index (χ4n) is 2.74. The molecular formula is C15H19N3O5. The first-order valence-electron chi connectivity index (χ1n) is 7.43. The summed E-state index contributed by atoms with van der Waals surface area (Å²) in [5.41, 5.74) is 5.45. The number of piperidine rings is 1. The summed E-state index contributed by atoms with van der Waals surface area (Å²) in [7, 11) is 0. The number of nitrogens with zero attached hydrogens (tertiary/aromatic N) is 2. The molecule has 8 heteroatoms. The van der Waals surface area contributed by atoms with E-state index in [9.17, 15) is 19.7 Å². The Morgan fingerprint density at radius 2 is 2.22 bits per heavy atom. The molecule has 1 fully saturated rings. The van der Waals surface area contributed by atoms with Crippen molar-refractivity contribution in [3.05, 3.63) is 33.9 Å². The third-order valence-electron chi connectivity index (χ3n) is 3.84. The van der Waals surface area contributed by atoms with Gasteiger partial charge in [0.15, 0.2) is 0 Å². The van der Waals surface area contributed by atoms with Crippen LogP contribution in [-0.4, -0.2) is 36.5 Å². The van der Waals surface area contributed by atoms with Crippen LogP contribution < -0.4 is 10.6 Å². The third-order valence-corrected chi connectivity index (χ3v) is 3.84. The summed E-state index contributed by atoms with van der Waals surface area (Å²) >= 11 is 0. The Bertz CT molecular complexity index is 632. The zero-order chi connectivity index (χ0) is 17.0. The average molecular weight is 321 g/mol. The second kappa shape index (κ2) is 7.08. The van der Waals surface area contributed by atoms with Crippen LogP contribution in [0.25, 0.3) is 0 Å². The summed E-state index contributed by atoms with van der Waals surface area (Å²) in [6.07, 6.45) is 1.43. The van der Waals surface area contributed by atoms with E-state index < -0.39 is 10.8 Å². The first kappa shape index (κ1) is 16.7. The summed E-state index contributed by atoms with van der Waals surface area (Å²) < 4.78 is 5.03. The van der Waals surface area contributed by atoms with Gasteiger partial charge in [-0.1, -0.05) is 0 Å².